The van der Waals surface area contributed by atoms with Gasteiger partial charge in [0.25, 0.3) is 0 Å². The predicted octanol–water partition coefficient (Wildman–Crippen LogP) is 0.355. The van der Waals surface area contributed by atoms with Crippen molar-refractivity contribution in [3.63, 3.8) is 0 Å². The van der Waals surface area contributed by atoms with E-state index in [2.05, 4.69) is 14.9 Å². The first kappa shape index (κ1) is 15.6. The summed E-state index contributed by atoms with van der Waals surface area (Å²) in [6, 6.07) is 1.79. The minimum Gasteiger partial charge on any atom is -0.379 e. The number of hydrogen-bond acceptors (Lipinski definition) is 6. The third kappa shape index (κ3) is 3.09. The molecule has 3 heterocycles. The van der Waals surface area contributed by atoms with Gasteiger partial charge >= 0.3 is 0 Å². The standard InChI is InChI=1S/C14H22N4O3S/c1-2-22(19,20)18-8-9-21-12-14(11-18)4-7-17(10-14)13-15-5-3-6-16-13/h3,5-6H,2,4,7-12H2,1H3/t14-/m1/s1. The van der Waals surface area contributed by atoms with Crippen LogP contribution in [0.1, 0.15) is 13.3 Å². The smallest absolute Gasteiger partial charge is 0.225 e. The Morgan fingerprint density at radius 3 is 2.77 bits per heavy atom. The zero-order valence-corrected chi connectivity index (χ0v) is 13.6. The van der Waals surface area contributed by atoms with Crippen LogP contribution in [0.3, 0.4) is 0 Å². The van der Waals surface area contributed by atoms with E-state index in [0.717, 1.165) is 19.5 Å². The van der Waals surface area contributed by atoms with Crippen LogP contribution in [0.15, 0.2) is 18.5 Å². The van der Waals surface area contributed by atoms with Crippen LogP contribution in [0.25, 0.3) is 0 Å². The molecule has 0 bridgehead atoms. The number of nitrogens with zero attached hydrogens (tertiary/aromatic N) is 4. The maximum absolute atomic E-state index is 12.2. The molecule has 8 heteroatoms. The molecule has 2 aliphatic rings. The zero-order valence-electron chi connectivity index (χ0n) is 12.8. The monoisotopic (exact) mass is 326 g/mol. The molecule has 0 aliphatic carbocycles. The molecule has 7 nitrogen and oxygen atoms in total. The normalized spacial score (nSPS) is 27.2. The number of hydrogen-bond donors (Lipinski definition) is 0. The number of sulfonamides is 1. The lowest BCUT2D eigenvalue weighted by Crippen LogP contribution is -2.44. The van der Waals surface area contributed by atoms with Crippen molar-refractivity contribution in [1.29, 1.82) is 0 Å². The molecule has 0 unspecified atom stereocenters. The second kappa shape index (κ2) is 6.10. The van der Waals surface area contributed by atoms with Crippen molar-refractivity contribution in [3.05, 3.63) is 18.5 Å². The Bertz CT molecular complexity index is 610. The van der Waals surface area contributed by atoms with E-state index < -0.39 is 10.0 Å². The van der Waals surface area contributed by atoms with Gasteiger partial charge in [-0.3, -0.25) is 0 Å². The van der Waals surface area contributed by atoms with Gasteiger partial charge in [-0.2, -0.15) is 4.31 Å². The van der Waals surface area contributed by atoms with Gasteiger partial charge in [0.1, 0.15) is 0 Å². The van der Waals surface area contributed by atoms with Gasteiger partial charge in [-0.15, -0.1) is 0 Å². The highest BCUT2D eigenvalue weighted by molar-refractivity contribution is 7.89. The Morgan fingerprint density at radius 1 is 1.27 bits per heavy atom. The minimum absolute atomic E-state index is 0.134. The molecule has 1 spiro atoms. The molecular weight excluding hydrogens is 304 g/mol. The Balaban J connectivity index is 1.78. The fraction of sp³-hybridized carbons (Fsp3) is 0.714. The van der Waals surface area contributed by atoms with E-state index in [0.29, 0.717) is 32.3 Å². The van der Waals surface area contributed by atoms with Crippen LogP contribution in [-0.4, -0.2) is 67.8 Å². The zero-order chi connectivity index (χ0) is 15.6. The first-order valence-corrected chi connectivity index (χ1v) is 9.23. The van der Waals surface area contributed by atoms with Gasteiger partial charge < -0.3 is 9.64 Å². The number of ether oxygens (including phenoxy) is 1. The predicted molar refractivity (Wildman–Crippen MR) is 83.1 cm³/mol. The Kier molecular flexibility index (Phi) is 4.33. The summed E-state index contributed by atoms with van der Waals surface area (Å²) >= 11 is 0. The molecule has 22 heavy (non-hydrogen) atoms. The van der Waals surface area contributed by atoms with E-state index >= 15 is 0 Å². The van der Waals surface area contributed by atoms with E-state index in [1.165, 1.54) is 0 Å². The van der Waals surface area contributed by atoms with Crippen molar-refractivity contribution in [2.45, 2.75) is 13.3 Å². The highest BCUT2D eigenvalue weighted by Gasteiger charge is 2.43. The Hall–Kier alpha value is -1.25. The van der Waals surface area contributed by atoms with E-state index in [4.69, 9.17) is 4.74 Å². The van der Waals surface area contributed by atoms with Crippen molar-refractivity contribution < 1.29 is 13.2 Å². The van der Waals surface area contributed by atoms with E-state index in [-0.39, 0.29) is 11.2 Å². The number of anilines is 1. The van der Waals surface area contributed by atoms with Crippen molar-refractivity contribution in [2.75, 3.05) is 50.0 Å². The highest BCUT2D eigenvalue weighted by atomic mass is 32.2. The van der Waals surface area contributed by atoms with Crippen LogP contribution in [-0.2, 0) is 14.8 Å². The topological polar surface area (TPSA) is 75.6 Å². The fourth-order valence-electron chi connectivity index (χ4n) is 3.18. The summed E-state index contributed by atoms with van der Waals surface area (Å²) in [5.41, 5.74) is -0.169. The molecule has 2 aliphatic heterocycles. The molecule has 1 aromatic heterocycles. The van der Waals surface area contributed by atoms with E-state index in [1.807, 2.05) is 0 Å². The second-order valence-electron chi connectivity index (χ2n) is 6.01. The van der Waals surface area contributed by atoms with Crippen LogP contribution in [0.5, 0.6) is 0 Å². The third-order valence-corrected chi connectivity index (χ3v) is 6.26. The van der Waals surface area contributed by atoms with E-state index in [1.54, 1.807) is 29.7 Å². The van der Waals surface area contributed by atoms with Crippen molar-refractivity contribution in [3.8, 4) is 0 Å². The number of rotatable bonds is 3. The largest absolute Gasteiger partial charge is 0.379 e. The first-order valence-electron chi connectivity index (χ1n) is 7.62. The van der Waals surface area contributed by atoms with Crippen LogP contribution in [0.4, 0.5) is 5.95 Å². The molecule has 0 N–H and O–H groups in total. The molecule has 1 atom stereocenters. The van der Waals surface area contributed by atoms with Crippen molar-refractivity contribution >= 4 is 16.0 Å². The number of aromatic nitrogens is 2. The average Bonchev–Trinajstić information content (AvgIpc) is 2.82. The molecule has 0 aromatic carbocycles. The summed E-state index contributed by atoms with van der Waals surface area (Å²) in [7, 11) is -3.19. The van der Waals surface area contributed by atoms with Gasteiger partial charge in [0.05, 0.1) is 19.0 Å². The maximum atomic E-state index is 12.2. The lowest BCUT2D eigenvalue weighted by molar-refractivity contribution is 0.0807. The summed E-state index contributed by atoms with van der Waals surface area (Å²) in [6.45, 7) is 5.26. The second-order valence-corrected chi connectivity index (χ2v) is 8.26. The van der Waals surface area contributed by atoms with Crippen molar-refractivity contribution in [1.82, 2.24) is 14.3 Å². The lowest BCUT2D eigenvalue weighted by Gasteiger charge is -2.31. The summed E-state index contributed by atoms with van der Waals surface area (Å²) in [5.74, 6) is 0.836. The molecule has 2 fully saturated rings. The Labute approximate surface area is 131 Å². The molecule has 3 rings (SSSR count). The summed E-state index contributed by atoms with van der Waals surface area (Å²) in [4.78, 5) is 10.7. The molecule has 0 radical (unpaired) electrons. The summed E-state index contributed by atoms with van der Waals surface area (Å²) < 4.78 is 31.8. The van der Waals surface area contributed by atoms with Crippen LogP contribution < -0.4 is 4.90 Å². The average molecular weight is 326 g/mol. The van der Waals surface area contributed by atoms with E-state index in [9.17, 15) is 8.42 Å². The molecule has 0 amide bonds. The lowest BCUT2D eigenvalue weighted by atomic mass is 9.88. The maximum Gasteiger partial charge on any atom is 0.225 e. The Morgan fingerprint density at radius 2 is 2.05 bits per heavy atom. The third-order valence-electron chi connectivity index (χ3n) is 4.44. The molecular formula is C14H22N4O3S. The molecule has 1 aromatic rings. The summed E-state index contributed by atoms with van der Waals surface area (Å²) in [6.07, 6.45) is 4.34. The van der Waals surface area contributed by atoms with Crippen LogP contribution >= 0.6 is 0 Å². The quantitative estimate of drug-likeness (QED) is 0.798. The van der Waals surface area contributed by atoms with Gasteiger partial charge in [0, 0.05) is 44.0 Å². The van der Waals surface area contributed by atoms with Gasteiger partial charge in [-0.25, -0.2) is 18.4 Å². The molecule has 122 valence electrons. The van der Waals surface area contributed by atoms with Crippen LogP contribution in [0, 0.1) is 5.41 Å². The van der Waals surface area contributed by atoms with Crippen molar-refractivity contribution in [2.24, 2.45) is 5.41 Å². The first-order chi connectivity index (χ1) is 10.5. The van der Waals surface area contributed by atoms with Gasteiger partial charge in [-0.1, -0.05) is 0 Å². The molecule has 2 saturated heterocycles. The fourth-order valence-corrected chi connectivity index (χ4v) is 4.37. The summed E-state index contributed by atoms with van der Waals surface area (Å²) in [5, 5.41) is 0. The van der Waals surface area contributed by atoms with Gasteiger partial charge in [-0.05, 0) is 19.4 Å². The SMILES string of the molecule is CCS(=O)(=O)N1CCOC[C@@]2(CCN(c3ncccn3)C2)C1. The van der Waals surface area contributed by atoms with Gasteiger partial charge in [0.15, 0.2) is 0 Å². The van der Waals surface area contributed by atoms with Crippen LogP contribution in [0.2, 0.25) is 0 Å². The highest BCUT2D eigenvalue weighted by Crippen LogP contribution is 2.35. The molecule has 0 saturated carbocycles. The minimum atomic E-state index is -3.19. The van der Waals surface area contributed by atoms with Gasteiger partial charge in [0.2, 0.25) is 16.0 Å².